The van der Waals surface area contributed by atoms with E-state index in [1.807, 2.05) is 0 Å². The predicted molar refractivity (Wildman–Crippen MR) is 93.1 cm³/mol. The summed E-state index contributed by atoms with van der Waals surface area (Å²) in [4.78, 5) is 0. The molecule has 0 saturated carbocycles. The molecule has 3 heteroatoms. The smallest absolute Gasteiger partial charge is 0.0401 e. The Morgan fingerprint density at radius 2 is 1.55 bits per heavy atom. The van der Waals surface area contributed by atoms with Crippen LogP contribution in [0.1, 0.15) is 5.56 Å². The maximum Gasteiger partial charge on any atom is 0.0401 e. The van der Waals surface area contributed by atoms with Crippen molar-refractivity contribution in [1.82, 2.24) is 0 Å². The van der Waals surface area contributed by atoms with Gasteiger partial charge < -0.3 is 5.32 Å². The molecule has 3 aromatic rings. The first-order valence-electron chi connectivity index (χ1n) is 6.39. The lowest BCUT2D eigenvalue weighted by atomic mass is 10.1. The Morgan fingerprint density at radius 1 is 0.750 bits per heavy atom. The summed E-state index contributed by atoms with van der Waals surface area (Å²) < 4.78 is 2.15. The van der Waals surface area contributed by atoms with Crippen LogP contribution in [0.4, 0.5) is 5.69 Å². The van der Waals surface area contributed by atoms with Crippen LogP contribution in [0.25, 0.3) is 10.8 Å². The second-order valence-electron chi connectivity index (χ2n) is 4.66. The van der Waals surface area contributed by atoms with E-state index in [-0.39, 0.29) is 0 Å². The average Bonchev–Trinajstić information content (AvgIpc) is 2.48. The molecule has 0 radical (unpaired) electrons. The fourth-order valence-electron chi connectivity index (χ4n) is 2.15. The average molecular weight is 391 g/mol. The lowest BCUT2D eigenvalue weighted by Crippen LogP contribution is -1.99. The van der Waals surface area contributed by atoms with E-state index in [4.69, 9.17) is 0 Å². The zero-order chi connectivity index (χ0) is 13.9. The molecule has 0 aliphatic carbocycles. The third kappa shape index (κ3) is 3.05. The molecule has 0 aliphatic heterocycles. The number of nitrogens with one attached hydrogen (secondary N) is 1. The van der Waals surface area contributed by atoms with Crippen LogP contribution in [0.3, 0.4) is 0 Å². The molecule has 1 nitrogen and oxygen atoms in total. The monoisotopic (exact) mass is 389 g/mol. The number of halogens is 2. The first-order chi connectivity index (χ1) is 9.72. The molecule has 0 unspecified atom stereocenters. The molecule has 0 amide bonds. The molecule has 0 heterocycles. The molecule has 0 fully saturated rings. The van der Waals surface area contributed by atoms with Gasteiger partial charge in [0, 0.05) is 21.2 Å². The summed E-state index contributed by atoms with van der Waals surface area (Å²) in [6.45, 7) is 0.810. The molecule has 0 bridgehead atoms. The fourth-order valence-corrected chi connectivity index (χ4v) is 2.83. The van der Waals surface area contributed by atoms with E-state index in [0.717, 1.165) is 21.2 Å². The molecule has 100 valence electrons. The molecule has 0 saturated heterocycles. The second kappa shape index (κ2) is 5.98. The van der Waals surface area contributed by atoms with Crippen molar-refractivity contribution in [2.45, 2.75) is 6.54 Å². The van der Waals surface area contributed by atoms with Gasteiger partial charge in [-0.05, 0) is 72.5 Å². The summed E-state index contributed by atoms with van der Waals surface area (Å²) in [5, 5.41) is 5.99. The Labute approximate surface area is 135 Å². The Balaban J connectivity index is 1.77. The summed E-state index contributed by atoms with van der Waals surface area (Å²) in [6, 6.07) is 21.1. The molecule has 20 heavy (non-hydrogen) atoms. The molecular formula is C17H13Br2N. The lowest BCUT2D eigenvalue weighted by molar-refractivity contribution is 1.15. The van der Waals surface area contributed by atoms with Gasteiger partial charge in [-0.25, -0.2) is 0 Å². The highest BCUT2D eigenvalue weighted by atomic mass is 79.9. The van der Waals surface area contributed by atoms with Crippen molar-refractivity contribution in [1.29, 1.82) is 0 Å². The van der Waals surface area contributed by atoms with Crippen LogP contribution in [0.2, 0.25) is 0 Å². The van der Waals surface area contributed by atoms with Crippen molar-refractivity contribution in [2.24, 2.45) is 0 Å². The molecular weight excluding hydrogens is 378 g/mol. The van der Waals surface area contributed by atoms with E-state index >= 15 is 0 Å². The second-order valence-corrected chi connectivity index (χ2v) is 6.37. The fraction of sp³-hybridized carbons (Fsp3) is 0.0588. The van der Waals surface area contributed by atoms with Crippen molar-refractivity contribution in [3.63, 3.8) is 0 Å². The Bertz CT molecular complexity index is 753. The number of anilines is 1. The van der Waals surface area contributed by atoms with Crippen molar-refractivity contribution < 1.29 is 0 Å². The normalized spacial score (nSPS) is 10.7. The van der Waals surface area contributed by atoms with Gasteiger partial charge in [0.15, 0.2) is 0 Å². The van der Waals surface area contributed by atoms with Crippen molar-refractivity contribution >= 4 is 48.3 Å². The topological polar surface area (TPSA) is 12.0 Å². The molecule has 0 atom stereocenters. The Kier molecular flexibility index (Phi) is 4.08. The molecule has 3 aromatic carbocycles. The third-order valence-electron chi connectivity index (χ3n) is 3.23. The Hall–Kier alpha value is -1.32. The highest BCUT2D eigenvalue weighted by Crippen LogP contribution is 2.24. The first kappa shape index (κ1) is 13.7. The minimum absolute atomic E-state index is 0.810. The number of rotatable bonds is 3. The zero-order valence-corrected chi connectivity index (χ0v) is 13.9. The number of fused-ring (bicyclic) bond motifs is 1. The maximum absolute atomic E-state index is 3.53. The summed E-state index contributed by atoms with van der Waals surface area (Å²) in [6.07, 6.45) is 0. The van der Waals surface area contributed by atoms with E-state index in [1.165, 1.54) is 16.3 Å². The third-order valence-corrected chi connectivity index (χ3v) is 5.11. The van der Waals surface area contributed by atoms with Crippen molar-refractivity contribution in [3.8, 4) is 0 Å². The van der Waals surface area contributed by atoms with Gasteiger partial charge in [-0.3, -0.25) is 0 Å². The van der Waals surface area contributed by atoms with E-state index in [9.17, 15) is 0 Å². The minimum Gasteiger partial charge on any atom is -0.381 e. The molecule has 0 aliphatic rings. The summed E-state index contributed by atoms with van der Waals surface area (Å²) in [5.74, 6) is 0. The molecule has 0 aromatic heterocycles. The summed E-state index contributed by atoms with van der Waals surface area (Å²) in [7, 11) is 0. The van der Waals surface area contributed by atoms with Gasteiger partial charge in [0.05, 0.1) is 0 Å². The van der Waals surface area contributed by atoms with Gasteiger partial charge in [-0.2, -0.15) is 0 Å². The van der Waals surface area contributed by atoms with Crippen LogP contribution >= 0.6 is 31.9 Å². The van der Waals surface area contributed by atoms with Crippen LogP contribution in [0, 0.1) is 0 Å². The van der Waals surface area contributed by atoms with Crippen LogP contribution in [-0.2, 0) is 6.54 Å². The van der Waals surface area contributed by atoms with Gasteiger partial charge in [-0.1, -0.05) is 36.4 Å². The predicted octanol–water partition coefficient (Wildman–Crippen LogP) is 5.98. The van der Waals surface area contributed by atoms with E-state index in [1.54, 1.807) is 0 Å². The largest absolute Gasteiger partial charge is 0.381 e. The van der Waals surface area contributed by atoms with Crippen molar-refractivity contribution in [3.05, 3.63) is 75.2 Å². The highest BCUT2D eigenvalue weighted by Gasteiger charge is 2.00. The zero-order valence-electron chi connectivity index (χ0n) is 10.7. The van der Waals surface area contributed by atoms with Gasteiger partial charge >= 0.3 is 0 Å². The number of hydrogen-bond acceptors (Lipinski definition) is 1. The lowest BCUT2D eigenvalue weighted by Gasteiger charge is -2.09. The van der Waals surface area contributed by atoms with Crippen LogP contribution in [0.15, 0.2) is 69.6 Å². The molecule has 3 rings (SSSR count). The molecule has 1 N–H and O–H groups in total. The Morgan fingerprint density at radius 3 is 2.35 bits per heavy atom. The van der Waals surface area contributed by atoms with Crippen molar-refractivity contribution in [2.75, 3.05) is 5.32 Å². The standard InChI is InChI=1S/C17H13Br2N/c18-16-8-5-12(9-17(16)19)11-20-15-7-6-13-3-1-2-4-14(13)10-15/h1-10,20H,11H2. The first-order valence-corrected chi connectivity index (χ1v) is 7.97. The van der Waals surface area contributed by atoms with Gasteiger partial charge in [-0.15, -0.1) is 0 Å². The summed E-state index contributed by atoms with van der Waals surface area (Å²) in [5.41, 5.74) is 2.39. The molecule has 0 spiro atoms. The number of benzene rings is 3. The van der Waals surface area contributed by atoms with Crippen LogP contribution in [-0.4, -0.2) is 0 Å². The number of hydrogen-bond donors (Lipinski definition) is 1. The maximum atomic E-state index is 3.53. The SMILES string of the molecule is Brc1ccc(CNc2ccc3ccccc3c2)cc1Br. The summed E-state index contributed by atoms with van der Waals surface area (Å²) >= 11 is 7.02. The van der Waals surface area contributed by atoms with Gasteiger partial charge in [0.25, 0.3) is 0 Å². The van der Waals surface area contributed by atoms with E-state index in [2.05, 4.69) is 97.8 Å². The van der Waals surface area contributed by atoms with E-state index < -0.39 is 0 Å². The van der Waals surface area contributed by atoms with Gasteiger partial charge in [0.1, 0.15) is 0 Å². The van der Waals surface area contributed by atoms with E-state index in [0.29, 0.717) is 0 Å². The van der Waals surface area contributed by atoms with Crippen LogP contribution in [0.5, 0.6) is 0 Å². The minimum atomic E-state index is 0.810. The quantitative estimate of drug-likeness (QED) is 0.580. The van der Waals surface area contributed by atoms with Gasteiger partial charge in [0.2, 0.25) is 0 Å². The van der Waals surface area contributed by atoms with Crippen LogP contribution < -0.4 is 5.32 Å². The highest BCUT2D eigenvalue weighted by molar-refractivity contribution is 9.13.